The number of benzene rings is 1. The van der Waals surface area contributed by atoms with Crippen LogP contribution in [0.25, 0.3) is 43.6 Å². The van der Waals surface area contributed by atoms with Gasteiger partial charge in [-0.15, -0.1) is 11.3 Å². The molecule has 0 atom stereocenters. The van der Waals surface area contributed by atoms with Gasteiger partial charge in [-0.3, -0.25) is 4.68 Å². The summed E-state index contributed by atoms with van der Waals surface area (Å²) >= 11 is 8.32. The number of aromatic nitrogens is 6. The standard InChI is InChI=1S/C22H19ClN6S/c1-13(2)29-11-9-15(27-29)18-16(14-7-5-4-6-8-14)17-19(23)25-20(26-22(17)30-18)21-24-10-12-28(21)3/h4-13H,1-3H3. The van der Waals surface area contributed by atoms with Crippen molar-refractivity contribution in [2.24, 2.45) is 7.05 Å². The van der Waals surface area contributed by atoms with E-state index in [4.69, 9.17) is 21.7 Å². The zero-order chi connectivity index (χ0) is 20.8. The Labute approximate surface area is 182 Å². The summed E-state index contributed by atoms with van der Waals surface area (Å²) < 4.78 is 3.84. The van der Waals surface area contributed by atoms with Crippen LogP contribution in [0.3, 0.4) is 0 Å². The maximum Gasteiger partial charge on any atom is 0.198 e. The fraction of sp³-hybridized carbons (Fsp3) is 0.182. The largest absolute Gasteiger partial charge is 0.331 e. The Morgan fingerprint density at radius 1 is 1.03 bits per heavy atom. The number of aryl methyl sites for hydroxylation is 1. The average molecular weight is 435 g/mol. The molecule has 0 saturated carbocycles. The van der Waals surface area contributed by atoms with Gasteiger partial charge in [0, 0.05) is 37.2 Å². The second-order valence-corrected chi connectivity index (χ2v) is 8.68. The summed E-state index contributed by atoms with van der Waals surface area (Å²) in [6, 6.07) is 12.5. The van der Waals surface area contributed by atoms with Gasteiger partial charge >= 0.3 is 0 Å². The summed E-state index contributed by atoms with van der Waals surface area (Å²) in [6.07, 6.45) is 5.60. The van der Waals surface area contributed by atoms with E-state index in [1.807, 2.05) is 53.0 Å². The molecular weight excluding hydrogens is 416 g/mol. The number of imidazole rings is 1. The highest BCUT2D eigenvalue weighted by atomic mass is 35.5. The fourth-order valence-electron chi connectivity index (χ4n) is 3.45. The molecule has 5 aromatic rings. The van der Waals surface area contributed by atoms with Crippen molar-refractivity contribution >= 4 is 33.2 Å². The first-order valence-electron chi connectivity index (χ1n) is 9.61. The first-order valence-corrected chi connectivity index (χ1v) is 10.8. The molecule has 8 heteroatoms. The Morgan fingerprint density at radius 2 is 1.83 bits per heavy atom. The smallest absolute Gasteiger partial charge is 0.198 e. The molecule has 0 radical (unpaired) electrons. The Bertz CT molecular complexity index is 1350. The van der Waals surface area contributed by atoms with Crippen molar-refractivity contribution in [3.8, 4) is 33.3 Å². The second-order valence-electron chi connectivity index (χ2n) is 7.33. The van der Waals surface area contributed by atoms with Crippen LogP contribution in [0.2, 0.25) is 5.15 Å². The van der Waals surface area contributed by atoms with E-state index in [2.05, 4.69) is 35.9 Å². The van der Waals surface area contributed by atoms with Gasteiger partial charge in [-0.05, 0) is 25.5 Å². The van der Waals surface area contributed by atoms with Gasteiger partial charge in [0.05, 0.1) is 10.3 Å². The van der Waals surface area contributed by atoms with Gasteiger partial charge in [-0.1, -0.05) is 41.9 Å². The summed E-state index contributed by atoms with van der Waals surface area (Å²) in [5.74, 6) is 1.19. The molecule has 0 amide bonds. The average Bonchev–Trinajstić information content (AvgIpc) is 3.46. The minimum atomic E-state index is 0.284. The Hall–Kier alpha value is -3.03. The number of fused-ring (bicyclic) bond motifs is 1. The molecule has 0 aliphatic heterocycles. The van der Waals surface area contributed by atoms with E-state index >= 15 is 0 Å². The molecule has 0 aliphatic rings. The molecule has 6 nitrogen and oxygen atoms in total. The van der Waals surface area contributed by atoms with E-state index < -0.39 is 0 Å². The Balaban J connectivity index is 1.80. The number of thiophene rings is 1. The van der Waals surface area contributed by atoms with Crippen LogP contribution in [-0.2, 0) is 7.05 Å². The van der Waals surface area contributed by atoms with Gasteiger partial charge in [0.2, 0.25) is 0 Å². The minimum Gasteiger partial charge on any atom is -0.331 e. The minimum absolute atomic E-state index is 0.284. The molecule has 4 aromatic heterocycles. The van der Waals surface area contributed by atoms with E-state index in [-0.39, 0.29) is 6.04 Å². The van der Waals surface area contributed by atoms with Crippen LogP contribution < -0.4 is 0 Å². The predicted molar refractivity (Wildman–Crippen MR) is 122 cm³/mol. The van der Waals surface area contributed by atoms with Crippen molar-refractivity contribution in [3.63, 3.8) is 0 Å². The lowest BCUT2D eigenvalue weighted by Crippen LogP contribution is -2.00. The maximum atomic E-state index is 6.74. The van der Waals surface area contributed by atoms with Gasteiger partial charge in [0.1, 0.15) is 15.7 Å². The molecule has 0 fully saturated rings. The van der Waals surface area contributed by atoms with Crippen molar-refractivity contribution in [2.75, 3.05) is 0 Å². The van der Waals surface area contributed by atoms with Gasteiger partial charge in [-0.25, -0.2) is 15.0 Å². The first-order chi connectivity index (χ1) is 14.5. The molecule has 4 heterocycles. The van der Waals surface area contributed by atoms with Gasteiger partial charge < -0.3 is 4.57 Å². The highest BCUT2D eigenvalue weighted by Crippen LogP contribution is 2.46. The van der Waals surface area contributed by atoms with Crippen LogP contribution >= 0.6 is 22.9 Å². The lowest BCUT2D eigenvalue weighted by Gasteiger charge is -2.06. The zero-order valence-electron chi connectivity index (χ0n) is 16.7. The maximum absolute atomic E-state index is 6.74. The van der Waals surface area contributed by atoms with E-state index in [0.717, 1.165) is 31.9 Å². The highest BCUT2D eigenvalue weighted by molar-refractivity contribution is 7.22. The highest BCUT2D eigenvalue weighted by Gasteiger charge is 2.23. The zero-order valence-corrected chi connectivity index (χ0v) is 18.3. The van der Waals surface area contributed by atoms with Crippen LogP contribution in [-0.4, -0.2) is 29.3 Å². The molecule has 150 valence electrons. The summed E-state index contributed by atoms with van der Waals surface area (Å²) in [5, 5.41) is 6.06. The van der Waals surface area contributed by atoms with Crippen LogP contribution in [0.1, 0.15) is 19.9 Å². The van der Waals surface area contributed by atoms with Crippen molar-refractivity contribution in [1.29, 1.82) is 0 Å². The van der Waals surface area contributed by atoms with Crippen LogP contribution in [0.5, 0.6) is 0 Å². The van der Waals surface area contributed by atoms with Crippen molar-refractivity contribution in [1.82, 2.24) is 29.3 Å². The molecule has 0 saturated heterocycles. The van der Waals surface area contributed by atoms with E-state index in [0.29, 0.717) is 16.8 Å². The molecule has 0 unspecified atom stereocenters. The molecule has 0 aliphatic carbocycles. The third-order valence-electron chi connectivity index (χ3n) is 4.96. The quantitative estimate of drug-likeness (QED) is 0.332. The van der Waals surface area contributed by atoms with E-state index in [1.165, 1.54) is 0 Å². The number of halogens is 1. The normalized spacial score (nSPS) is 11.6. The van der Waals surface area contributed by atoms with Crippen molar-refractivity contribution < 1.29 is 0 Å². The summed E-state index contributed by atoms with van der Waals surface area (Å²) in [5.41, 5.74) is 2.98. The topological polar surface area (TPSA) is 61.4 Å². The molecule has 1 aromatic carbocycles. The van der Waals surface area contributed by atoms with Crippen LogP contribution in [0, 0.1) is 0 Å². The molecule has 0 bridgehead atoms. The number of nitrogens with zero attached hydrogens (tertiary/aromatic N) is 6. The summed E-state index contributed by atoms with van der Waals surface area (Å²) in [4.78, 5) is 15.6. The summed E-state index contributed by atoms with van der Waals surface area (Å²) in [6.45, 7) is 4.22. The van der Waals surface area contributed by atoms with Gasteiger partial charge in [0.15, 0.2) is 11.6 Å². The first kappa shape index (κ1) is 19.0. The van der Waals surface area contributed by atoms with Crippen molar-refractivity contribution in [2.45, 2.75) is 19.9 Å². The molecular formula is C22H19ClN6S. The van der Waals surface area contributed by atoms with Gasteiger partial charge in [-0.2, -0.15) is 5.10 Å². The van der Waals surface area contributed by atoms with Crippen LogP contribution in [0.15, 0.2) is 55.0 Å². The third kappa shape index (κ3) is 3.11. The second kappa shape index (κ2) is 7.34. The lowest BCUT2D eigenvalue weighted by atomic mass is 10.0. The predicted octanol–water partition coefficient (Wildman–Crippen LogP) is 5.86. The Morgan fingerprint density at radius 3 is 2.50 bits per heavy atom. The molecule has 5 rings (SSSR count). The van der Waals surface area contributed by atoms with Gasteiger partial charge in [0.25, 0.3) is 0 Å². The van der Waals surface area contributed by atoms with Crippen LogP contribution in [0.4, 0.5) is 0 Å². The molecule has 30 heavy (non-hydrogen) atoms. The fourth-order valence-corrected chi connectivity index (χ4v) is 4.93. The molecule has 0 N–H and O–H groups in total. The monoisotopic (exact) mass is 434 g/mol. The number of hydrogen-bond acceptors (Lipinski definition) is 5. The van der Waals surface area contributed by atoms with E-state index in [9.17, 15) is 0 Å². The van der Waals surface area contributed by atoms with E-state index in [1.54, 1.807) is 17.5 Å². The lowest BCUT2D eigenvalue weighted by molar-refractivity contribution is 0.534. The third-order valence-corrected chi connectivity index (χ3v) is 6.34. The number of hydrogen-bond donors (Lipinski definition) is 0. The summed E-state index contributed by atoms with van der Waals surface area (Å²) in [7, 11) is 1.91. The van der Waals surface area contributed by atoms with Crippen molar-refractivity contribution in [3.05, 3.63) is 60.1 Å². The Kier molecular flexibility index (Phi) is 4.64. The molecule has 0 spiro atoms. The number of rotatable bonds is 4. The SMILES string of the molecule is CC(C)n1ccc(-c2sc3nc(-c4nccn4C)nc(Cl)c3c2-c2ccccc2)n1.